The third-order valence-electron chi connectivity index (χ3n) is 7.17. The highest BCUT2D eigenvalue weighted by Crippen LogP contribution is 2.48. The number of nitrogens with zero attached hydrogens (tertiary/aromatic N) is 2. The van der Waals surface area contributed by atoms with Gasteiger partial charge in [0.2, 0.25) is 0 Å². The molecule has 12 heteroatoms. The van der Waals surface area contributed by atoms with E-state index in [0.29, 0.717) is 18.9 Å². The quantitative estimate of drug-likeness (QED) is 0.507. The molecule has 1 saturated heterocycles. The lowest BCUT2D eigenvalue weighted by molar-refractivity contribution is -0.140. The SMILES string of the molecule is CC(NC(=O)c1cn(C2(C(F)F)CC2)c(=O)cc1NC1CCN(C)CC1)c1cccc(C(F)(F)F)c1F. The van der Waals surface area contributed by atoms with Crippen LogP contribution in [0, 0.1) is 5.82 Å². The normalized spacial score (nSPS) is 19.1. The van der Waals surface area contributed by atoms with Crippen molar-refractivity contribution in [1.82, 2.24) is 14.8 Å². The van der Waals surface area contributed by atoms with Gasteiger partial charge in [-0.15, -0.1) is 0 Å². The van der Waals surface area contributed by atoms with E-state index in [1.54, 1.807) is 0 Å². The summed E-state index contributed by atoms with van der Waals surface area (Å²) in [6.07, 6.45) is -5.10. The molecular formula is C25H28F6N4O2. The number of rotatable bonds is 7. The monoisotopic (exact) mass is 530 g/mol. The minimum atomic E-state index is -4.92. The van der Waals surface area contributed by atoms with Gasteiger partial charge in [0.1, 0.15) is 11.4 Å². The number of pyridine rings is 1. The van der Waals surface area contributed by atoms with Gasteiger partial charge in [0, 0.05) is 23.9 Å². The first-order chi connectivity index (χ1) is 17.3. The van der Waals surface area contributed by atoms with Gasteiger partial charge in [-0.1, -0.05) is 12.1 Å². The van der Waals surface area contributed by atoms with Crippen LogP contribution in [0.25, 0.3) is 0 Å². The number of anilines is 1. The summed E-state index contributed by atoms with van der Waals surface area (Å²) in [4.78, 5) is 28.2. The number of hydrogen-bond donors (Lipinski definition) is 2. The number of amides is 1. The zero-order chi connectivity index (χ0) is 27.1. The van der Waals surface area contributed by atoms with E-state index in [-0.39, 0.29) is 35.7 Å². The van der Waals surface area contributed by atoms with Gasteiger partial charge < -0.3 is 20.1 Å². The topological polar surface area (TPSA) is 66.4 Å². The second-order valence-corrected chi connectivity index (χ2v) is 9.84. The lowest BCUT2D eigenvalue weighted by atomic mass is 10.0. The third-order valence-corrected chi connectivity index (χ3v) is 7.17. The van der Waals surface area contributed by atoms with Crippen molar-refractivity contribution < 1.29 is 31.1 Å². The van der Waals surface area contributed by atoms with Gasteiger partial charge in [-0.3, -0.25) is 9.59 Å². The van der Waals surface area contributed by atoms with Crippen molar-refractivity contribution in [3.05, 3.63) is 63.3 Å². The van der Waals surface area contributed by atoms with Crippen LogP contribution in [0.1, 0.15) is 60.1 Å². The average molecular weight is 531 g/mol. The summed E-state index contributed by atoms with van der Waals surface area (Å²) in [7, 11) is 1.96. The predicted octanol–water partition coefficient (Wildman–Crippen LogP) is 4.76. The highest BCUT2D eigenvalue weighted by Gasteiger charge is 2.53. The Morgan fingerprint density at radius 2 is 1.81 bits per heavy atom. The van der Waals surface area contributed by atoms with Crippen LogP contribution < -0.4 is 16.2 Å². The minimum Gasteiger partial charge on any atom is -0.381 e. The molecule has 4 rings (SSSR count). The molecule has 1 unspecified atom stereocenters. The predicted molar refractivity (Wildman–Crippen MR) is 125 cm³/mol. The Balaban J connectivity index is 1.67. The Morgan fingerprint density at radius 3 is 2.38 bits per heavy atom. The number of carbonyl (C=O) groups excluding carboxylic acids is 1. The Morgan fingerprint density at radius 1 is 1.16 bits per heavy atom. The van der Waals surface area contributed by atoms with Gasteiger partial charge in [0.25, 0.3) is 17.9 Å². The number of alkyl halides is 5. The second-order valence-electron chi connectivity index (χ2n) is 9.84. The maximum absolute atomic E-state index is 14.6. The molecule has 1 aliphatic heterocycles. The van der Waals surface area contributed by atoms with E-state index in [1.165, 1.54) is 6.92 Å². The van der Waals surface area contributed by atoms with Crippen molar-refractivity contribution >= 4 is 11.6 Å². The van der Waals surface area contributed by atoms with Crippen LogP contribution in [0.5, 0.6) is 0 Å². The molecule has 1 aliphatic carbocycles. The van der Waals surface area contributed by atoms with Crippen molar-refractivity contribution in [3.8, 4) is 0 Å². The van der Waals surface area contributed by atoms with Gasteiger partial charge >= 0.3 is 6.18 Å². The molecule has 1 atom stereocenters. The number of piperidine rings is 1. The fraction of sp³-hybridized carbons (Fsp3) is 0.520. The largest absolute Gasteiger partial charge is 0.419 e. The summed E-state index contributed by atoms with van der Waals surface area (Å²) in [5, 5.41) is 5.63. The third kappa shape index (κ3) is 5.48. The molecule has 2 heterocycles. The standard InChI is InChI=1S/C25H28F6N4O2/c1-14(16-4-3-5-18(21(16)26)25(29,30)31)32-22(37)17-13-35(24(8-9-24)23(27)28)20(36)12-19(17)33-15-6-10-34(2)11-7-15/h3-5,12-15,23,33H,6-11H2,1-2H3,(H,32,37). The fourth-order valence-corrected chi connectivity index (χ4v) is 4.70. The van der Waals surface area contributed by atoms with Crippen molar-refractivity contribution in [3.63, 3.8) is 0 Å². The molecular weight excluding hydrogens is 502 g/mol. The first kappa shape index (κ1) is 27.0. The van der Waals surface area contributed by atoms with Crippen molar-refractivity contribution in [2.45, 2.75) is 62.8 Å². The number of carbonyl (C=O) groups is 1. The molecule has 1 saturated carbocycles. The summed E-state index contributed by atoms with van der Waals surface area (Å²) in [5.74, 6) is -2.34. The molecule has 202 valence electrons. The van der Waals surface area contributed by atoms with Crippen LogP contribution >= 0.6 is 0 Å². The van der Waals surface area contributed by atoms with E-state index >= 15 is 0 Å². The van der Waals surface area contributed by atoms with Crippen LogP contribution in [0.4, 0.5) is 32.0 Å². The number of benzene rings is 1. The number of halogens is 6. The van der Waals surface area contributed by atoms with Crippen LogP contribution in [-0.4, -0.2) is 48.0 Å². The molecule has 1 aromatic heterocycles. The first-order valence-electron chi connectivity index (χ1n) is 12.0. The summed E-state index contributed by atoms with van der Waals surface area (Å²) >= 11 is 0. The molecule has 0 bridgehead atoms. The molecule has 1 amide bonds. The van der Waals surface area contributed by atoms with E-state index in [9.17, 15) is 35.9 Å². The molecule has 2 aromatic rings. The van der Waals surface area contributed by atoms with E-state index in [0.717, 1.165) is 42.1 Å². The number of hydrogen-bond acceptors (Lipinski definition) is 4. The van der Waals surface area contributed by atoms with Gasteiger partial charge in [-0.2, -0.15) is 13.2 Å². The minimum absolute atomic E-state index is 0.0687. The summed E-state index contributed by atoms with van der Waals surface area (Å²) in [5.41, 5.74) is -4.22. The zero-order valence-electron chi connectivity index (χ0n) is 20.3. The van der Waals surface area contributed by atoms with Crippen LogP contribution in [-0.2, 0) is 11.7 Å². The first-order valence-corrected chi connectivity index (χ1v) is 12.0. The van der Waals surface area contributed by atoms with Gasteiger partial charge in [0.05, 0.1) is 22.9 Å². The van der Waals surface area contributed by atoms with E-state index in [1.807, 2.05) is 7.05 Å². The van der Waals surface area contributed by atoms with Gasteiger partial charge in [-0.05, 0) is 58.8 Å². The number of nitrogens with one attached hydrogen (secondary N) is 2. The molecule has 2 N–H and O–H groups in total. The molecule has 6 nitrogen and oxygen atoms in total. The Hall–Kier alpha value is -3.02. The molecule has 1 aromatic carbocycles. The van der Waals surface area contributed by atoms with E-state index in [4.69, 9.17) is 0 Å². The van der Waals surface area contributed by atoms with Gasteiger partial charge in [0.15, 0.2) is 0 Å². The molecule has 2 fully saturated rings. The van der Waals surface area contributed by atoms with Crippen molar-refractivity contribution in [1.29, 1.82) is 0 Å². The number of likely N-dealkylation sites (tertiary alicyclic amines) is 1. The van der Waals surface area contributed by atoms with Gasteiger partial charge in [-0.25, -0.2) is 13.2 Å². The zero-order valence-corrected chi connectivity index (χ0v) is 20.3. The van der Waals surface area contributed by atoms with Crippen molar-refractivity contribution in [2.24, 2.45) is 0 Å². The summed E-state index contributed by atoms with van der Waals surface area (Å²) < 4.78 is 82.5. The van der Waals surface area contributed by atoms with Crippen molar-refractivity contribution in [2.75, 3.05) is 25.5 Å². The summed E-state index contributed by atoms with van der Waals surface area (Å²) in [6, 6.07) is 2.61. The van der Waals surface area contributed by atoms with Crippen LogP contribution in [0.2, 0.25) is 0 Å². The Bertz CT molecular complexity index is 1220. The molecule has 0 radical (unpaired) electrons. The molecule has 0 spiro atoms. The van der Waals surface area contributed by atoms with E-state index < -0.39 is 47.0 Å². The molecule has 2 aliphatic rings. The average Bonchev–Trinajstić information content (AvgIpc) is 3.62. The number of aromatic nitrogens is 1. The van der Waals surface area contributed by atoms with E-state index in [2.05, 4.69) is 15.5 Å². The maximum Gasteiger partial charge on any atom is 0.419 e. The smallest absolute Gasteiger partial charge is 0.381 e. The Kier molecular flexibility index (Phi) is 7.33. The highest BCUT2D eigenvalue weighted by atomic mass is 19.4. The lowest BCUT2D eigenvalue weighted by Crippen LogP contribution is -2.40. The maximum atomic E-state index is 14.6. The fourth-order valence-electron chi connectivity index (χ4n) is 4.70. The Labute approximate surface area is 209 Å². The van der Waals surface area contributed by atoms with Crippen LogP contribution in [0.3, 0.4) is 0 Å². The molecule has 37 heavy (non-hydrogen) atoms. The highest BCUT2D eigenvalue weighted by molar-refractivity contribution is 5.99. The van der Waals surface area contributed by atoms with Crippen LogP contribution in [0.15, 0.2) is 35.3 Å². The second kappa shape index (κ2) is 10.0. The lowest BCUT2D eigenvalue weighted by Gasteiger charge is -2.31. The summed E-state index contributed by atoms with van der Waals surface area (Å²) in [6.45, 7) is 2.87.